The van der Waals surface area contributed by atoms with Crippen molar-refractivity contribution in [2.45, 2.75) is 6.42 Å². The molecule has 0 aliphatic heterocycles. The summed E-state index contributed by atoms with van der Waals surface area (Å²) in [4.78, 5) is 19.5. The first-order chi connectivity index (χ1) is 34.2. The Morgan fingerprint density at radius 1 is 0.290 bits per heavy atom. The van der Waals surface area contributed by atoms with E-state index in [1.54, 1.807) is 0 Å². The molecule has 0 spiro atoms. The molecule has 6 nitrogen and oxygen atoms in total. The van der Waals surface area contributed by atoms with Crippen molar-refractivity contribution >= 4 is 43.6 Å². The van der Waals surface area contributed by atoms with Crippen molar-refractivity contribution in [3.63, 3.8) is 0 Å². The minimum atomic E-state index is 0.657. The summed E-state index contributed by atoms with van der Waals surface area (Å²) in [5, 5.41) is 5.00. The third-order valence-corrected chi connectivity index (χ3v) is 13.3. The lowest BCUT2D eigenvalue weighted by molar-refractivity contribution is 1.16. The number of rotatable bonds is 9. The van der Waals surface area contributed by atoms with Gasteiger partial charge in [-0.15, -0.1) is 0 Å². The van der Waals surface area contributed by atoms with Gasteiger partial charge in [0, 0.05) is 73.1 Å². The van der Waals surface area contributed by atoms with Gasteiger partial charge >= 0.3 is 0 Å². The summed E-state index contributed by atoms with van der Waals surface area (Å²) >= 11 is 0. The fourth-order valence-electron chi connectivity index (χ4n) is 9.95. The number of hydrogen-bond donors (Lipinski definition) is 0. The third-order valence-electron chi connectivity index (χ3n) is 13.3. The van der Waals surface area contributed by atoms with E-state index in [4.69, 9.17) is 9.97 Å². The summed E-state index contributed by atoms with van der Waals surface area (Å²) in [6.45, 7) is 0. The molecule has 5 aromatic heterocycles. The SMILES string of the molecule is c1ccc(-n2c3ccccc3c3cc(Cc4ccc5c(c4)c4ccccc4n5-c4ccc(-c5cc(-c6ccc(-c7ccccn7)cc6)nc(-c6ccc(-c7ccccn7)cc6)n5)cc4)ccc32)cc1. The fraction of sp³-hybridized carbons (Fsp3) is 0.0159. The highest BCUT2D eigenvalue weighted by Gasteiger charge is 2.17. The third kappa shape index (κ3) is 7.32. The summed E-state index contributed by atoms with van der Waals surface area (Å²) in [6, 6.07) is 81.6. The number of para-hydroxylation sites is 3. The molecular weight excluding hydrogens is 841 g/mol. The van der Waals surface area contributed by atoms with Crippen molar-refractivity contribution in [2.24, 2.45) is 0 Å². The number of fused-ring (bicyclic) bond motifs is 6. The van der Waals surface area contributed by atoms with Crippen molar-refractivity contribution in [1.82, 2.24) is 29.1 Å². The smallest absolute Gasteiger partial charge is 0.160 e. The van der Waals surface area contributed by atoms with Crippen LogP contribution in [0.15, 0.2) is 243 Å². The van der Waals surface area contributed by atoms with E-state index >= 15 is 0 Å². The predicted molar refractivity (Wildman–Crippen MR) is 283 cm³/mol. The summed E-state index contributed by atoms with van der Waals surface area (Å²) in [6.07, 6.45) is 4.47. The van der Waals surface area contributed by atoms with Crippen molar-refractivity contribution in [3.8, 4) is 67.8 Å². The number of aromatic nitrogens is 6. The highest BCUT2D eigenvalue weighted by molar-refractivity contribution is 6.10. The van der Waals surface area contributed by atoms with E-state index in [0.29, 0.717) is 5.82 Å². The van der Waals surface area contributed by atoms with E-state index in [9.17, 15) is 0 Å². The lowest BCUT2D eigenvalue weighted by Gasteiger charge is -2.12. The Labute approximate surface area is 399 Å². The number of pyridine rings is 2. The van der Waals surface area contributed by atoms with Crippen LogP contribution in [-0.2, 0) is 6.42 Å². The van der Waals surface area contributed by atoms with E-state index in [2.05, 4.69) is 213 Å². The van der Waals surface area contributed by atoms with Gasteiger partial charge in [0.25, 0.3) is 0 Å². The largest absolute Gasteiger partial charge is 0.309 e. The maximum absolute atomic E-state index is 5.21. The molecule has 5 heterocycles. The molecule has 13 rings (SSSR count). The summed E-state index contributed by atoms with van der Waals surface area (Å²) in [5.74, 6) is 0.657. The van der Waals surface area contributed by atoms with E-state index in [0.717, 1.165) is 62.7 Å². The molecule has 324 valence electrons. The Balaban J connectivity index is 0.851. The second-order valence-corrected chi connectivity index (χ2v) is 17.5. The lowest BCUT2D eigenvalue weighted by Crippen LogP contribution is -1.97. The summed E-state index contributed by atoms with van der Waals surface area (Å²) < 4.78 is 4.75. The Bertz CT molecular complexity index is 3890. The van der Waals surface area contributed by atoms with Gasteiger partial charge in [-0.25, -0.2) is 9.97 Å². The van der Waals surface area contributed by atoms with Gasteiger partial charge in [-0.3, -0.25) is 9.97 Å². The van der Waals surface area contributed by atoms with Crippen LogP contribution < -0.4 is 0 Å². The fourth-order valence-corrected chi connectivity index (χ4v) is 9.95. The van der Waals surface area contributed by atoms with Gasteiger partial charge in [-0.2, -0.15) is 0 Å². The number of hydrogen-bond acceptors (Lipinski definition) is 4. The van der Waals surface area contributed by atoms with Gasteiger partial charge in [-0.05, 0) is 109 Å². The zero-order valence-corrected chi connectivity index (χ0v) is 37.5. The van der Waals surface area contributed by atoms with Gasteiger partial charge in [0.2, 0.25) is 0 Å². The first-order valence-corrected chi connectivity index (χ1v) is 23.3. The van der Waals surface area contributed by atoms with Crippen molar-refractivity contribution < 1.29 is 0 Å². The first kappa shape index (κ1) is 40.1. The zero-order valence-electron chi connectivity index (χ0n) is 37.5. The van der Waals surface area contributed by atoms with Gasteiger partial charge < -0.3 is 9.13 Å². The molecule has 0 saturated heterocycles. The van der Waals surface area contributed by atoms with Crippen LogP contribution in [0.2, 0.25) is 0 Å². The van der Waals surface area contributed by atoms with Gasteiger partial charge in [-0.1, -0.05) is 140 Å². The molecule has 0 radical (unpaired) electrons. The van der Waals surface area contributed by atoms with Crippen LogP contribution in [-0.4, -0.2) is 29.1 Å². The van der Waals surface area contributed by atoms with Crippen LogP contribution in [0.5, 0.6) is 0 Å². The molecular formula is C63H42N6. The molecule has 0 aliphatic rings. The standard InChI is InChI=1S/C63H42N6/c1-2-12-49(13-3-1)68-59-18-6-4-14-51(59)53-39-42(20-34-61(53)68)38-43-21-35-62-54(40-43)52-15-5-7-19-60(52)69(62)50-32-30-47(31-33-50)58-41-57(46-24-22-44(23-25-46)55-16-8-10-36-64-55)66-63(67-58)48-28-26-45(27-29-48)56-17-9-11-37-65-56/h1-37,39-41H,38H2. The Hall–Kier alpha value is -9.26. The van der Waals surface area contributed by atoms with Crippen molar-refractivity contribution in [2.75, 3.05) is 0 Å². The van der Waals surface area contributed by atoms with Crippen LogP contribution in [0, 0.1) is 0 Å². The lowest BCUT2D eigenvalue weighted by atomic mass is 10.0. The molecule has 13 aromatic rings. The molecule has 0 unspecified atom stereocenters. The molecule has 8 aromatic carbocycles. The Morgan fingerprint density at radius 3 is 1.19 bits per heavy atom. The molecule has 0 atom stereocenters. The molecule has 0 saturated carbocycles. The summed E-state index contributed by atoms with van der Waals surface area (Å²) in [5.41, 5.74) is 18.2. The van der Waals surface area contributed by atoms with Crippen LogP contribution in [0.25, 0.3) is 111 Å². The second kappa shape index (κ2) is 16.9. The molecule has 0 amide bonds. The molecule has 0 fully saturated rings. The van der Waals surface area contributed by atoms with E-state index in [1.807, 2.05) is 48.8 Å². The predicted octanol–water partition coefficient (Wildman–Crippen LogP) is 15.4. The van der Waals surface area contributed by atoms with E-state index < -0.39 is 0 Å². The van der Waals surface area contributed by atoms with Crippen molar-refractivity contribution in [1.29, 1.82) is 0 Å². The summed E-state index contributed by atoms with van der Waals surface area (Å²) in [7, 11) is 0. The zero-order chi connectivity index (χ0) is 45.7. The number of nitrogens with zero attached hydrogens (tertiary/aromatic N) is 6. The van der Waals surface area contributed by atoms with E-state index in [1.165, 1.54) is 60.4 Å². The van der Waals surface area contributed by atoms with Crippen LogP contribution in [0.1, 0.15) is 11.1 Å². The maximum atomic E-state index is 5.21. The highest BCUT2D eigenvalue weighted by atomic mass is 15.0. The molecule has 0 bridgehead atoms. The van der Waals surface area contributed by atoms with Gasteiger partial charge in [0.15, 0.2) is 5.82 Å². The molecule has 0 N–H and O–H groups in total. The average molecular weight is 883 g/mol. The minimum Gasteiger partial charge on any atom is -0.309 e. The molecule has 69 heavy (non-hydrogen) atoms. The highest BCUT2D eigenvalue weighted by Crippen LogP contribution is 2.37. The Morgan fingerprint density at radius 2 is 0.696 bits per heavy atom. The molecule has 6 heteroatoms. The normalized spacial score (nSPS) is 11.5. The minimum absolute atomic E-state index is 0.657. The Kier molecular flexibility index (Phi) is 9.79. The topological polar surface area (TPSA) is 61.4 Å². The van der Waals surface area contributed by atoms with Crippen LogP contribution in [0.4, 0.5) is 0 Å². The quantitative estimate of drug-likeness (QED) is 0.145. The van der Waals surface area contributed by atoms with Crippen molar-refractivity contribution in [3.05, 3.63) is 254 Å². The number of benzene rings is 8. The first-order valence-electron chi connectivity index (χ1n) is 23.3. The maximum Gasteiger partial charge on any atom is 0.160 e. The van der Waals surface area contributed by atoms with E-state index in [-0.39, 0.29) is 0 Å². The average Bonchev–Trinajstić information content (AvgIpc) is 3.94. The second-order valence-electron chi connectivity index (χ2n) is 17.5. The molecule has 0 aliphatic carbocycles. The van der Waals surface area contributed by atoms with Crippen LogP contribution >= 0.6 is 0 Å². The van der Waals surface area contributed by atoms with Crippen LogP contribution in [0.3, 0.4) is 0 Å². The monoisotopic (exact) mass is 882 g/mol. The van der Waals surface area contributed by atoms with Gasteiger partial charge in [0.1, 0.15) is 0 Å². The van der Waals surface area contributed by atoms with Gasteiger partial charge in [0.05, 0.1) is 44.8 Å².